The Kier molecular flexibility index (Phi) is 7.70. The molecule has 2 aromatic rings. The predicted octanol–water partition coefficient (Wildman–Crippen LogP) is 1.43. The molecule has 0 radical (unpaired) electrons. The molecule has 0 bridgehead atoms. The van der Waals surface area contributed by atoms with Crippen LogP contribution in [0.15, 0.2) is 24.4 Å². The van der Waals surface area contributed by atoms with Crippen molar-refractivity contribution in [1.82, 2.24) is 19.9 Å². The molecule has 0 spiro atoms. The maximum atomic E-state index is 12.6. The van der Waals surface area contributed by atoms with Gasteiger partial charge in [-0.15, -0.1) is 0 Å². The first-order valence-corrected chi connectivity index (χ1v) is 9.16. The van der Waals surface area contributed by atoms with Gasteiger partial charge in [-0.3, -0.25) is 9.59 Å². The van der Waals surface area contributed by atoms with Gasteiger partial charge in [-0.25, -0.2) is 9.97 Å². The number of hydrogen-bond acceptors (Lipinski definition) is 8. The van der Waals surface area contributed by atoms with Crippen LogP contribution in [-0.4, -0.2) is 51.0 Å². The van der Waals surface area contributed by atoms with E-state index in [0.29, 0.717) is 36.5 Å². The summed E-state index contributed by atoms with van der Waals surface area (Å²) in [5.74, 6) is -0.283. The standard InChI is InChI=1S/C19H26N6O4/c1-25(14(10-18(27)28)12-7-8-16(29-2)22-11-12)17(26)6-4-3-5-13-9-15(20)24-19(21)23-13/h7-9,11,14H,3-6,10H2,1-2H3,(H,27,28)(H4,20,21,23,24)/t14-/m1/s1. The molecule has 2 heterocycles. The molecule has 0 saturated heterocycles. The van der Waals surface area contributed by atoms with E-state index in [1.165, 1.54) is 18.2 Å². The number of aliphatic carboxylic acids is 1. The molecule has 0 aliphatic heterocycles. The fourth-order valence-electron chi connectivity index (χ4n) is 2.95. The van der Waals surface area contributed by atoms with Crippen LogP contribution in [0.1, 0.15) is 43.0 Å². The summed E-state index contributed by atoms with van der Waals surface area (Å²) in [4.78, 5) is 37.4. The van der Waals surface area contributed by atoms with Crippen molar-refractivity contribution in [3.8, 4) is 5.88 Å². The van der Waals surface area contributed by atoms with Gasteiger partial charge in [0.2, 0.25) is 17.7 Å². The highest BCUT2D eigenvalue weighted by Crippen LogP contribution is 2.25. The van der Waals surface area contributed by atoms with Crippen LogP contribution in [0.4, 0.5) is 11.8 Å². The minimum absolute atomic E-state index is 0.125. The summed E-state index contributed by atoms with van der Waals surface area (Å²) in [7, 11) is 3.10. The van der Waals surface area contributed by atoms with Crippen molar-refractivity contribution in [2.75, 3.05) is 25.6 Å². The van der Waals surface area contributed by atoms with Crippen LogP contribution < -0.4 is 16.2 Å². The molecule has 0 aromatic carbocycles. The number of rotatable bonds is 10. The van der Waals surface area contributed by atoms with Crippen molar-refractivity contribution >= 4 is 23.6 Å². The number of carboxylic acids is 1. The molecule has 0 aliphatic rings. The lowest BCUT2D eigenvalue weighted by Crippen LogP contribution is -2.32. The number of hydrogen-bond donors (Lipinski definition) is 3. The van der Waals surface area contributed by atoms with Gasteiger partial charge in [0.25, 0.3) is 0 Å². The Labute approximate surface area is 168 Å². The summed E-state index contributed by atoms with van der Waals surface area (Å²) in [6, 6.07) is 4.40. The summed E-state index contributed by atoms with van der Waals surface area (Å²) in [6.45, 7) is 0. The molecule has 1 atom stereocenters. The average Bonchev–Trinajstić information content (AvgIpc) is 2.68. The first-order chi connectivity index (χ1) is 13.8. The number of carboxylic acid groups (broad SMARTS) is 1. The minimum atomic E-state index is -0.996. The smallest absolute Gasteiger partial charge is 0.305 e. The number of nitrogens with zero attached hydrogens (tertiary/aromatic N) is 4. The summed E-state index contributed by atoms with van der Waals surface area (Å²) < 4.78 is 5.02. The molecule has 0 saturated carbocycles. The number of amides is 1. The van der Waals surface area contributed by atoms with Crippen molar-refractivity contribution in [1.29, 1.82) is 0 Å². The topological polar surface area (TPSA) is 158 Å². The Hall–Kier alpha value is -3.43. The second kappa shape index (κ2) is 10.2. The molecule has 10 heteroatoms. The SMILES string of the molecule is COc1ccc([C@@H](CC(=O)O)N(C)C(=O)CCCCc2cc(N)nc(N)n2)cn1. The van der Waals surface area contributed by atoms with Gasteiger partial charge in [-0.05, 0) is 24.8 Å². The number of unbranched alkanes of at least 4 members (excludes halogenated alkanes) is 1. The van der Waals surface area contributed by atoms with Gasteiger partial charge >= 0.3 is 5.97 Å². The van der Waals surface area contributed by atoms with Crippen molar-refractivity contribution < 1.29 is 19.4 Å². The van der Waals surface area contributed by atoms with Crippen LogP contribution in [0.5, 0.6) is 5.88 Å². The van der Waals surface area contributed by atoms with Gasteiger partial charge in [0.1, 0.15) is 5.82 Å². The van der Waals surface area contributed by atoms with Crippen LogP contribution in [0.2, 0.25) is 0 Å². The Morgan fingerprint density at radius 2 is 2.00 bits per heavy atom. The lowest BCUT2D eigenvalue weighted by atomic mass is 10.0. The number of aromatic nitrogens is 3. The highest BCUT2D eigenvalue weighted by atomic mass is 16.5. The normalized spacial score (nSPS) is 11.7. The maximum Gasteiger partial charge on any atom is 0.305 e. The Morgan fingerprint density at radius 3 is 2.59 bits per heavy atom. The Bertz CT molecular complexity index is 823. The zero-order valence-corrected chi connectivity index (χ0v) is 16.5. The van der Waals surface area contributed by atoms with E-state index in [4.69, 9.17) is 16.2 Å². The first kappa shape index (κ1) is 21.9. The number of methoxy groups -OCH3 is 1. The molecular formula is C19H26N6O4. The Balaban J connectivity index is 1.94. The van der Waals surface area contributed by atoms with E-state index in [0.717, 1.165) is 5.69 Å². The average molecular weight is 402 g/mol. The van der Waals surface area contributed by atoms with Gasteiger partial charge in [-0.1, -0.05) is 6.07 Å². The third-order valence-corrected chi connectivity index (χ3v) is 4.47. The highest BCUT2D eigenvalue weighted by molar-refractivity contribution is 5.77. The lowest BCUT2D eigenvalue weighted by Gasteiger charge is -2.27. The monoisotopic (exact) mass is 402 g/mol. The van der Waals surface area contributed by atoms with Crippen LogP contribution in [0, 0.1) is 0 Å². The van der Waals surface area contributed by atoms with Crippen molar-refractivity contribution in [2.45, 2.75) is 38.1 Å². The third kappa shape index (κ3) is 6.59. The second-order valence-corrected chi connectivity index (χ2v) is 6.60. The molecule has 29 heavy (non-hydrogen) atoms. The molecule has 0 unspecified atom stereocenters. The number of nitrogen functional groups attached to an aromatic ring is 2. The van der Waals surface area contributed by atoms with E-state index in [2.05, 4.69) is 15.0 Å². The van der Waals surface area contributed by atoms with Gasteiger partial charge < -0.3 is 26.2 Å². The zero-order valence-electron chi connectivity index (χ0n) is 16.5. The number of aryl methyl sites for hydroxylation is 1. The van der Waals surface area contributed by atoms with Gasteiger partial charge in [-0.2, -0.15) is 4.98 Å². The molecule has 156 valence electrons. The minimum Gasteiger partial charge on any atom is -0.481 e. The van der Waals surface area contributed by atoms with Crippen LogP contribution in [-0.2, 0) is 16.0 Å². The molecular weight excluding hydrogens is 376 g/mol. The number of pyridine rings is 1. The number of nitrogens with two attached hydrogens (primary N) is 2. The van der Waals surface area contributed by atoms with E-state index in [1.807, 2.05) is 0 Å². The van der Waals surface area contributed by atoms with E-state index in [9.17, 15) is 14.7 Å². The van der Waals surface area contributed by atoms with Crippen LogP contribution >= 0.6 is 0 Å². The molecule has 5 N–H and O–H groups in total. The van der Waals surface area contributed by atoms with Crippen molar-refractivity contribution in [3.05, 3.63) is 35.7 Å². The van der Waals surface area contributed by atoms with Crippen LogP contribution in [0.3, 0.4) is 0 Å². The summed E-state index contributed by atoms with van der Waals surface area (Å²) in [6.07, 6.45) is 3.55. The third-order valence-electron chi connectivity index (χ3n) is 4.47. The maximum absolute atomic E-state index is 12.6. The molecule has 10 nitrogen and oxygen atoms in total. The summed E-state index contributed by atoms with van der Waals surface area (Å²) in [5, 5.41) is 9.25. The number of carbonyl (C=O) groups is 2. The van der Waals surface area contributed by atoms with E-state index in [-0.39, 0.29) is 24.7 Å². The van der Waals surface area contributed by atoms with Gasteiger partial charge in [0.05, 0.1) is 19.6 Å². The Morgan fingerprint density at radius 1 is 1.24 bits per heavy atom. The van der Waals surface area contributed by atoms with Crippen molar-refractivity contribution in [3.63, 3.8) is 0 Å². The number of ether oxygens (including phenoxy) is 1. The van der Waals surface area contributed by atoms with Crippen LogP contribution in [0.25, 0.3) is 0 Å². The molecule has 2 rings (SSSR count). The fourth-order valence-corrected chi connectivity index (χ4v) is 2.95. The quantitative estimate of drug-likeness (QED) is 0.500. The van der Waals surface area contributed by atoms with Crippen molar-refractivity contribution in [2.24, 2.45) is 0 Å². The summed E-state index contributed by atoms with van der Waals surface area (Å²) in [5.41, 5.74) is 12.6. The molecule has 0 fully saturated rings. The molecule has 0 aliphatic carbocycles. The second-order valence-electron chi connectivity index (χ2n) is 6.60. The largest absolute Gasteiger partial charge is 0.481 e. The van der Waals surface area contributed by atoms with Gasteiger partial charge in [0, 0.05) is 37.5 Å². The lowest BCUT2D eigenvalue weighted by molar-refractivity contribution is -0.140. The fraction of sp³-hybridized carbons (Fsp3) is 0.421. The predicted molar refractivity (Wildman–Crippen MR) is 107 cm³/mol. The van der Waals surface area contributed by atoms with E-state index in [1.54, 1.807) is 25.2 Å². The van der Waals surface area contributed by atoms with E-state index >= 15 is 0 Å². The first-order valence-electron chi connectivity index (χ1n) is 9.16. The zero-order chi connectivity index (χ0) is 21.4. The highest BCUT2D eigenvalue weighted by Gasteiger charge is 2.24. The number of anilines is 2. The molecule has 1 amide bonds. The van der Waals surface area contributed by atoms with Gasteiger partial charge in [0.15, 0.2) is 0 Å². The number of carbonyl (C=O) groups excluding carboxylic acids is 1. The molecule has 2 aromatic heterocycles. The summed E-state index contributed by atoms with van der Waals surface area (Å²) >= 11 is 0. The van der Waals surface area contributed by atoms with E-state index < -0.39 is 12.0 Å².